The number of carbonyl (C=O) groups is 1. The fraction of sp³-hybridized carbons (Fsp3) is 0.500. The van der Waals surface area contributed by atoms with Gasteiger partial charge < -0.3 is 9.64 Å². The molecule has 0 fully saturated rings. The predicted octanol–water partition coefficient (Wildman–Crippen LogP) is 1.81. The van der Waals surface area contributed by atoms with Gasteiger partial charge >= 0.3 is 5.97 Å². The Kier molecular flexibility index (Phi) is 6.16. The zero-order valence-electron chi connectivity index (χ0n) is 11.2. The molecule has 0 radical (unpaired) electrons. The van der Waals surface area contributed by atoms with Gasteiger partial charge in [0.1, 0.15) is 12.6 Å². The second-order valence-electron chi connectivity index (χ2n) is 4.36. The van der Waals surface area contributed by atoms with Gasteiger partial charge in [0.25, 0.3) is 0 Å². The molecule has 1 atom stereocenters. The van der Waals surface area contributed by atoms with Gasteiger partial charge in [-0.25, -0.2) is 4.79 Å². The van der Waals surface area contributed by atoms with Crippen LogP contribution in [0.25, 0.3) is 0 Å². The number of halogens is 1. The van der Waals surface area contributed by atoms with Gasteiger partial charge in [0.2, 0.25) is 0 Å². The third-order valence-corrected chi connectivity index (χ3v) is 3.31. The van der Waals surface area contributed by atoms with Gasteiger partial charge in [0, 0.05) is 0 Å². The number of likely N-dealkylation sites (N-methyl/N-ethyl adjacent to an activating group) is 1. The summed E-state index contributed by atoms with van der Waals surface area (Å²) in [6, 6.07) is 6.95. The zero-order valence-corrected chi connectivity index (χ0v) is 12.0. The van der Waals surface area contributed by atoms with Crippen molar-refractivity contribution in [2.75, 3.05) is 19.6 Å². The number of hydrogen-bond acceptors (Lipinski definition) is 2. The van der Waals surface area contributed by atoms with E-state index in [9.17, 15) is 4.79 Å². The van der Waals surface area contributed by atoms with Crippen molar-refractivity contribution in [2.24, 2.45) is 0 Å². The molecule has 0 heterocycles. The van der Waals surface area contributed by atoms with Crippen LogP contribution >= 0.6 is 11.6 Å². The van der Waals surface area contributed by atoms with E-state index in [-0.39, 0.29) is 12.1 Å². The number of hydrogen-bond donors (Lipinski definition) is 1. The minimum absolute atomic E-state index is 0.108. The van der Waals surface area contributed by atoms with E-state index < -0.39 is 0 Å². The molecule has 0 aliphatic carbocycles. The topological polar surface area (TPSA) is 30.7 Å². The number of benzene rings is 1. The van der Waals surface area contributed by atoms with E-state index in [4.69, 9.17) is 16.3 Å². The highest BCUT2D eigenvalue weighted by molar-refractivity contribution is 6.33. The largest absolute Gasteiger partial charge is 0.453 e. The van der Waals surface area contributed by atoms with Crippen LogP contribution in [-0.2, 0) is 4.74 Å². The standard InChI is InChI=1S/C14H20ClNO2/c1-4-16(5-2)10-11(3)18-14(17)12-8-6-7-9-13(12)15/h6-9,11H,4-5,10H2,1-3H3/p+1/t11-/m1/s1. The van der Waals surface area contributed by atoms with Crippen LogP contribution in [0, 0.1) is 0 Å². The average Bonchev–Trinajstić information content (AvgIpc) is 2.36. The van der Waals surface area contributed by atoms with Crippen molar-refractivity contribution in [1.29, 1.82) is 0 Å². The van der Waals surface area contributed by atoms with Crippen LogP contribution in [0.3, 0.4) is 0 Å². The molecule has 0 amide bonds. The molecule has 0 aromatic heterocycles. The van der Waals surface area contributed by atoms with E-state index in [0.29, 0.717) is 10.6 Å². The Bertz CT molecular complexity index is 391. The SMILES string of the molecule is CC[NH+](CC)C[C@@H](C)OC(=O)c1ccccc1Cl. The first-order chi connectivity index (χ1) is 8.58. The lowest BCUT2D eigenvalue weighted by atomic mass is 10.2. The molecule has 0 aliphatic heterocycles. The monoisotopic (exact) mass is 270 g/mol. The summed E-state index contributed by atoms with van der Waals surface area (Å²) >= 11 is 5.96. The van der Waals surface area contributed by atoms with Crippen molar-refractivity contribution in [1.82, 2.24) is 0 Å². The molecule has 1 N–H and O–H groups in total. The number of esters is 1. The third kappa shape index (κ3) is 4.31. The average molecular weight is 271 g/mol. The van der Waals surface area contributed by atoms with Crippen LogP contribution in [0.2, 0.25) is 5.02 Å². The molecular formula is C14H21ClNO2+. The lowest BCUT2D eigenvalue weighted by molar-refractivity contribution is -0.899. The highest BCUT2D eigenvalue weighted by Gasteiger charge is 2.17. The molecule has 100 valence electrons. The second kappa shape index (κ2) is 7.39. The number of quaternary nitrogens is 1. The molecule has 0 bridgehead atoms. The quantitative estimate of drug-likeness (QED) is 0.800. The fourth-order valence-corrected chi connectivity index (χ4v) is 2.07. The predicted molar refractivity (Wildman–Crippen MR) is 73.2 cm³/mol. The molecule has 0 aliphatic rings. The lowest BCUT2D eigenvalue weighted by Gasteiger charge is -2.20. The number of ether oxygens (including phenoxy) is 1. The molecule has 1 aromatic rings. The second-order valence-corrected chi connectivity index (χ2v) is 4.76. The first kappa shape index (κ1) is 15.0. The van der Waals surface area contributed by atoms with Crippen LogP contribution in [0.1, 0.15) is 31.1 Å². The van der Waals surface area contributed by atoms with E-state index in [1.165, 1.54) is 4.90 Å². The molecule has 0 spiro atoms. The summed E-state index contributed by atoms with van der Waals surface area (Å²) in [5.41, 5.74) is 0.431. The van der Waals surface area contributed by atoms with Crippen molar-refractivity contribution < 1.29 is 14.4 Å². The summed E-state index contributed by atoms with van der Waals surface area (Å²) in [6.07, 6.45) is -0.108. The summed E-state index contributed by atoms with van der Waals surface area (Å²) in [5, 5.41) is 0.435. The Morgan fingerprint density at radius 2 is 1.94 bits per heavy atom. The number of nitrogens with one attached hydrogen (secondary N) is 1. The molecule has 1 rings (SSSR count). The molecule has 0 saturated carbocycles. The van der Waals surface area contributed by atoms with Gasteiger partial charge in [-0.05, 0) is 32.9 Å². The Morgan fingerprint density at radius 3 is 2.50 bits per heavy atom. The van der Waals surface area contributed by atoms with Gasteiger partial charge in [-0.3, -0.25) is 0 Å². The Morgan fingerprint density at radius 1 is 1.33 bits per heavy atom. The number of carbonyl (C=O) groups excluding carboxylic acids is 1. The van der Waals surface area contributed by atoms with Gasteiger partial charge in [0.05, 0.1) is 23.7 Å². The zero-order chi connectivity index (χ0) is 13.5. The minimum atomic E-state index is -0.348. The van der Waals surface area contributed by atoms with Crippen LogP contribution < -0.4 is 4.90 Å². The molecular weight excluding hydrogens is 250 g/mol. The summed E-state index contributed by atoms with van der Waals surface area (Å²) in [6.45, 7) is 9.06. The molecule has 3 nitrogen and oxygen atoms in total. The Balaban J connectivity index is 2.57. The molecule has 0 saturated heterocycles. The lowest BCUT2D eigenvalue weighted by Crippen LogP contribution is -3.12. The van der Waals surface area contributed by atoms with Gasteiger partial charge in [-0.2, -0.15) is 0 Å². The smallest absolute Gasteiger partial charge is 0.340 e. The summed E-state index contributed by atoms with van der Waals surface area (Å²) < 4.78 is 5.41. The number of rotatable bonds is 6. The Hall–Kier alpha value is -1.06. The highest BCUT2D eigenvalue weighted by atomic mass is 35.5. The van der Waals surface area contributed by atoms with Crippen molar-refractivity contribution in [3.8, 4) is 0 Å². The normalized spacial score (nSPS) is 12.5. The Labute approximate surface area is 114 Å². The fourth-order valence-electron chi connectivity index (χ4n) is 1.86. The van der Waals surface area contributed by atoms with Gasteiger partial charge in [0.15, 0.2) is 0 Å². The molecule has 1 aromatic carbocycles. The van der Waals surface area contributed by atoms with Gasteiger partial charge in [-0.15, -0.1) is 0 Å². The van der Waals surface area contributed by atoms with Crippen LogP contribution in [0.15, 0.2) is 24.3 Å². The van der Waals surface area contributed by atoms with E-state index in [2.05, 4.69) is 13.8 Å². The molecule has 18 heavy (non-hydrogen) atoms. The highest BCUT2D eigenvalue weighted by Crippen LogP contribution is 2.16. The van der Waals surface area contributed by atoms with Crippen molar-refractivity contribution in [3.63, 3.8) is 0 Å². The van der Waals surface area contributed by atoms with E-state index >= 15 is 0 Å². The molecule has 4 heteroatoms. The maximum Gasteiger partial charge on any atom is 0.340 e. The first-order valence-electron chi connectivity index (χ1n) is 6.37. The summed E-state index contributed by atoms with van der Waals surface area (Å²) in [7, 11) is 0. The summed E-state index contributed by atoms with van der Waals surface area (Å²) in [4.78, 5) is 13.3. The van der Waals surface area contributed by atoms with Crippen LogP contribution in [0.4, 0.5) is 0 Å². The minimum Gasteiger partial charge on any atom is -0.453 e. The maximum atomic E-state index is 11.9. The maximum absolute atomic E-state index is 11.9. The third-order valence-electron chi connectivity index (χ3n) is 2.98. The van der Waals surface area contributed by atoms with E-state index in [1.807, 2.05) is 6.92 Å². The van der Waals surface area contributed by atoms with Crippen LogP contribution in [-0.4, -0.2) is 31.7 Å². The molecule has 0 unspecified atom stereocenters. The van der Waals surface area contributed by atoms with Gasteiger partial charge in [-0.1, -0.05) is 23.7 Å². The van der Waals surface area contributed by atoms with E-state index in [0.717, 1.165) is 19.6 Å². The first-order valence-corrected chi connectivity index (χ1v) is 6.75. The van der Waals surface area contributed by atoms with Crippen molar-refractivity contribution >= 4 is 17.6 Å². The van der Waals surface area contributed by atoms with Crippen molar-refractivity contribution in [2.45, 2.75) is 26.9 Å². The summed E-state index contributed by atoms with van der Waals surface area (Å²) in [5.74, 6) is -0.348. The van der Waals surface area contributed by atoms with Crippen LogP contribution in [0.5, 0.6) is 0 Å². The van der Waals surface area contributed by atoms with Crippen molar-refractivity contribution in [3.05, 3.63) is 34.9 Å². The van der Waals surface area contributed by atoms with E-state index in [1.54, 1.807) is 24.3 Å².